The van der Waals surface area contributed by atoms with Crippen LogP contribution in [-0.2, 0) is 0 Å². The highest BCUT2D eigenvalue weighted by atomic mass is 19.1. The van der Waals surface area contributed by atoms with Gasteiger partial charge in [-0.2, -0.15) is 0 Å². The Balaban J connectivity index is 2.91. The first-order chi connectivity index (χ1) is 6.50. The topological polar surface area (TPSA) is 72.2 Å². The molecular formula is C9H9FN2O2. The van der Waals surface area contributed by atoms with Crippen LogP contribution in [0.3, 0.4) is 0 Å². The van der Waals surface area contributed by atoms with Crippen molar-refractivity contribution in [2.24, 2.45) is 5.73 Å². The van der Waals surface area contributed by atoms with E-state index in [4.69, 9.17) is 5.73 Å². The summed E-state index contributed by atoms with van der Waals surface area (Å²) in [7, 11) is 0. The van der Waals surface area contributed by atoms with Crippen LogP contribution in [0.5, 0.6) is 0 Å². The number of hydrogen-bond donors (Lipinski definition) is 2. The Kier molecular flexibility index (Phi) is 2.81. The molecule has 0 fully saturated rings. The van der Waals surface area contributed by atoms with Crippen LogP contribution in [0, 0.1) is 12.7 Å². The molecule has 0 aromatic heterocycles. The highest BCUT2D eigenvalue weighted by molar-refractivity contribution is 6.03. The Morgan fingerprint density at radius 2 is 2.07 bits per heavy atom. The first kappa shape index (κ1) is 10.2. The predicted octanol–water partition coefficient (Wildman–Crippen LogP) is 0.943. The van der Waals surface area contributed by atoms with Gasteiger partial charge in [0.1, 0.15) is 5.82 Å². The van der Waals surface area contributed by atoms with Crippen molar-refractivity contribution < 1.29 is 14.0 Å². The number of hydrogen-bond acceptors (Lipinski definition) is 2. The molecule has 0 radical (unpaired) electrons. The quantitative estimate of drug-likeness (QED) is 0.701. The lowest BCUT2D eigenvalue weighted by atomic mass is 10.1. The molecule has 14 heavy (non-hydrogen) atoms. The highest BCUT2D eigenvalue weighted by Gasteiger charge is 2.09. The van der Waals surface area contributed by atoms with E-state index in [0.717, 1.165) is 6.07 Å². The number of imide groups is 1. The van der Waals surface area contributed by atoms with Gasteiger partial charge in [0.05, 0.1) is 0 Å². The molecule has 0 bridgehead atoms. The summed E-state index contributed by atoms with van der Waals surface area (Å²) >= 11 is 0. The van der Waals surface area contributed by atoms with Gasteiger partial charge in [0.2, 0.25) is 0 Å². The number of benzene rings is 1. The van der Waals surface area contributed by atoms with E-state index in [9.17, 15) is 14.0 Å². The maximum Gasteiger partial charge on any atom is 0.319 e. The Morgan fingerprint density at radius 3 is 2.57 bits per heavy atom. The third-order valence-corrected chi connectivity index (χ3v) is 1.67. The maximum atomic E-state index is 13.0. The minimum Gasteiger partial charge on any atom is -0.351 e. The van der Waals surface area contributed by atoms with Gasteiger partial charge in [-0.1, -0.05) is 6.07 Å². The summed E-state index contributed by atoms with van der Waals surface area (Å²) in [5, 5.41) is 1.84. The number of nitrogens with two attached hydrogens (primary N) is 1. The Labute approximate surface area is 79.9 Å². The van der Waals surface area contributed by atoms with E-state index in [-0.39, 0.29) is 5.56 Å². The van der Waals surface area contributed by atoms with E-state index >= 15 is 0 Å². The second kappa shape index (κ2) is 3.87. The molecule has 0 aliphatic carbocycles. The summed E-state index contributed by atoms with van der Waals surface area (Å²) in [6, 6.07) is 2.95. The van der Waals surface area contributed by atoms with Gasteiger partial charge in [0.15, 0.2) is 0 Å². The molecule has 3 N–H and O–H groups in total. The second-order valence-electron chi connectivity index (χ2n) is 2.78. The van der Waals surface area contributed by atoms with Crippen LogP contribution in [0.2, 0.25) is 0 Å². The highest BCUT2D eigenvalue weighted by Crippen LogP contribution is 2.08. The van der Waals surface area contributed by atoms with Crippen molar-refractivity contribution in [3.8, 4) is 0 Å². The molecule has 0 aliphatic heterocycles. The van der Waals surface area contributed by atoms with Crippen molar-refractivity contribution >= 4 is 11.9 Å². The minimum absolute atomic E-state index is 0.0619. The molecule has 0 aliphatic rings. The summed E-state index contributed by atoms with van der Waals surface area (Å²) in [4.78, 5) is 21.5. The summed E-state index contributed by atoms with van der Waals surface area (Å²) < 4.78 is 13.0. The third-order valence-electron chi connectivity index (χ3n) is 1.67. The average molecular weight is 196 g/mol. The van der Waals surface area contributed by atoms with Crippen molar-refractivity contribution in [2.45, 2.75) is 6.92 Å². The SMILES string of the molecule is Cc1ccc(C(=O)NC(N)=O)cc1F. The largest absolute Gasteiger partial charge is 0.351 e. The molecule has 0 atom stereocenters. The van der Waals surface area contributed by atoms with Crippen molar-refractivity contribution in [1.29, 1.82) is 0 Å². The smallest absolute Gasteiger partial charge is 0.319 e. The lowest BCUT2D eigenvalue weighted by molar-refractivity contribution is 0.0966. The van der Waals surface area contributed by atoms with E-state index in [1.165, 1.54) is 12.1 Å². The van der Waals surface area contributed by atoms with Crippen LogP contribution < -0.4 is 11.1 Å². The van der Waals surface area contributed by atoms with Gasteiger partial charge in [-0.3, -0.25) is 10.1 Å². The van der Waals surface area contributed by atoms with Gasteiger partial charge in [0, 0.05) is 5.56 Å². The number of urea groups is 1. The van der Waals surface area contributed by atoms with Crippen molar-refractivity contribution in [3.63, 3.8) is 0 Å². The normalized spacial score (nSPS) is 9.57. The first-order valence-electron chi connectivity index (χ1n) is 3.87. The van der Waals surface area contributed by atoms with Crippen LogP contribution in [0.1, 0.15) is 15.9 Å². The number of primary amides is 1. The van der Waals surface area contributed by atoms with Crippen molar-refractivity contribution in [2.75, 3.05) is 0 Å². The second-order valence-corrected chi connectivity index (χ2v) is 2.78. The molecular weight excluding hydrogens is 187 g/mol. The lowest BCUT2D eigenvalue weighted by Gasteiger charge is -2.02. The molecule has 4 nitrogen and oxygen atoms in total. The van der Waals surface area contributed by atoms with Gasteiger partial charge in [-0.15, -0.1) is 0 Å². The molecule has 1 rings (SSSR count). The van der Waals surface area contributed by atoms with Crippen molar-refractivity contribution in [1.82, 2.24) is 5.32 Å². The zero-order valence-electron chi connectivity index (χ0n) is 7.50. The van der Waals surface area contributed by atoms with E-state index in [1.807, 2.05) is 5.32 Å². The zero-order chi connectivity index (χ0) is 10.7. The Morgan fingerprint density at radius 1 is 1.43 bits per heavy atom. The fourth-order valence-electron chi connectivity index (χ4n) is 0.918. The number of aryl methyl sites for hydroxylation is 1. The van der Waals surface area contributed by atoms with Crippen LogP contribution in [0.15, 0.2) is 18.2 Å². The molecule has 0 saturated heterocycles. The number of nitrogens with one attached hydrogen (secondary N) is 1. The number of carbonyl (C=O) groups is 2. The molecule has 5 heteroatoms. The van der Waals surface area contributed by atoms with Gasteiger partial charge in [0.25, 0.3) is 5.91 Å². The zero-order valence-corrected chi connectivity index (χ0v) is 7.50. The maximum absolute atomic E-state index is 13.0. The van der Waals surface area contributed by atoms with Gasteiger partial charge < -0.3 is 5.73 Å². The minimum atomic E-state index is -0.962. The average Bonchev–Trinajstić information content (AvgIpc) is 2.08. The Bertz CT molecular complexity index is 390. The third kappa shape index (κ3) is 2.29. The number of carbonyl (C=O) groups excluding carboxylic acids is 2. The van der Waals surface area contributed by atoms with Crippen LogP contribution in [0.4, 0.5) is 9.18 Å². The van der Waals surface area contributed by atoms with E-state index in [1.54, 1.807) is 6.92 Å². The molecule has 0 heterocycles. The van der Waals surface area contributed by atoms with Crippen LogP contribution in [-0.4, -0.2) is 11.9 Å². The molecule has 3 amide bonds. The van der Waals surface area contributed by atoms with Crippen molar-refractivity contribution in [3.05, 3.63) is 35.1 Å². The monoisotopic (exact) mass is 196 g/mol. The molecule has 74 valence electrons. The molecule has 0 saturated carbocycles. The van der Waals surface area contributed by atoms with Gasteiger partial charge in [-0.25, -0.2) is 9.18 Å². The standard InChI is InChI=1S/C9H9FN2O2/c1-5-2-3-6(4-7(5)10)8(13)12-9(11)14/h2-4H,1H3,(H3,11,12,13,14). The van der Waals surface area contributed by atoms with E-state index in [0.29, 0.717) is 5.56 Å². The molecule has 0 unspecified atom stereocenters. The van der Waals surface area contributed by atoms with Crippen LogP contribution in [0.25, 0.3) is 0 Å². The Hall–Kier alpha value is -1.91. The predicted molar refractivity (Wildman–Crippen MR) is 48.2 cm³/mol. The lowest BCUT2D eigenvalue weighted by Crippen LogP contribution is -2.34. The fourth-order valence-corrected chi connectivity index (χ4v) is 0.918. The number of halogens is 1. The fraction of sp³-hybridized carbons (Fsp3) is 0.111. The summed E-state index contributed by atoms with van der Waals surface area (Å²) in [6.45, 7) is 1.57. The molecule has 0 spiro atoms. The van der Waals surface area contributed by atoms with Gasteiger partial charge >= 0.3 is 6.03 Å². The van der Waals surface area contributed by atoms with Gasteiger partial charge in [-0.05, 0) is 24.6 Å². The number of rotatable bonds is 1. The molecule has 1 aromatic carbocycles. The van der Waals surface area contributed by atoms with E-state index in [2.05, 4.69) is 0 Å². The summed E-state index contributed by atoms with van der Waals surface area (Å²) in [5.74, 6) is -1.21. The first-order valence-corrected chi connectivity index (χ1v) is 3.87. The number of amides is 3. The summed E-state index contributed by atoms with van der Waals surface area (Å²) in [5.41, 5.74) is 5.23. The van der Waals surface area contributed by atoms with Crippen LogP contribution >= 0.6 is 0 Å². The molecule has 1 aromatic rings. The van der Waals surface area contributed by atoms with E-state index < -0.39 is 17.8 Å². The summed E-state index contributed by atoms with van der Waals surface area (Å²) in [6.07, 6.45) is 0.